The molecule has 9 heteroatoms. The highest BCUT2D eigenvalue weighted by atomic mass is 35.5. The predicted molar refractivity (Wildman–Crippen MR) is 121 cm³/mol. The van der Waals surface area contributed by atoms with Crippen LogP contribution in [-0.2, 0) is 6.61 Å². The fourth-order valence-corrected chi connectivity index (χ4v) is 4.07. The largest absolute Gasteiger partial charge is 0.490 e. The Morgan fingerprint density at radius 3 is 2.73 bits per heavy atom. The summed E-state index contributed by atoms with van der Waals surface area (Å²) in [5.41, 5.74) is 9.65. The molecule has 0 unspecified atom stereocenters. The van der Waals surface area contributed by atoms with Crippen molar-refractivity contribution in [1.29, 1.82) is 10.5 Å². The summed E-state index contributed by atoms with van der Waals surface area (Å²) in [4.78, 5) is 0. The van der Waals surface area contributed by atoms with E-state index in [1.165, 1.54) is 0 Å². The highest BCUT2D eigenvalue weighted by Crippen LogP contribution is 2.46. The summed E-state index contributed by atoms with van der Waals surface area (Å²) in [5.74, 6) is 0.532. The van der Waals surface area contributed by atoms with Crippen LogP contribution in [0.1, 0.15) is 40.8 Å². The number of rotatable bonds is 6. The van der Waals surface area contributed by atoms with Crippen LogP contribution in [0.15, 0.2) is 47.9 Å². The van der Waals surface area contributed by atoms with Gasteiger partial charge in [-0.05, 0) is 37.6 Å². The monoisotopic (exact) mass is 461 g/mol. The second kappa shape index (κ2) is 9.15. The summed E-state index contributed by atoms with van der Waals surface area (Å²) in [5, 5.41) is 26.4. The number of hydrogen-bond acceptors (Lipinski definition) is 7. The Bertz CT molecular complexity index is 1330. The highest BCUT2D eigenvalue weighted by Gasteiger charge is 2.35. The van der Waals surface area contributed by atoms with Crippen LogP contribution in [0.25, 0.3) is 0 Å². The number of nitrogens with one attached hydrogen (secondary N) is 1. The minimum atomic E-state index is -0.539. The van der Waals surface area contributed by atoms with Gasteiger partial charge in [0.2, 0.25) is 11.8 Å². The van der Waals surface area contributed by atoms with E-state index in [1.807, 2.05) is 26.0 Å². The van der Waals surface area contributed by atoms with E-state index in [2.05, 4.69) is 22.3 Å². The Morgan fingerprint density at radius 1 is 1.21 bits per heavy atom. The molecule has 2 heterocycles. The summed E-state index contributed by atoms with van der Waals surface area (Å²) in [6, 6.07) is 15.0. The Morgan fingerprint density at radius 2 is 2.00 bits per heavy atom. The van der Waals surface area contributed by atoms with Gasteiger partial charge in [-0.25, -0.2) is 0 Å². The van der Waals surface area contributed by atoms with Crippen LogP contribution >= 0.6 is 11.6 Å². The van der Waals surface area contributed by atoms with Gasteiger partial charge < -0.3 is 19.9 Å². The molecule has 1 aromatic heterocycles. The summed E-state index contributed by atoms with van der Waals surface area (Å²) < 4.78 is 17.3. The van der Waals surface area contributed by atoms with Crippen LogP contribution in [0.3, 0.4) is 0 Å². The smallest absolute Gasteiger partial charge is 0.244 e. The van der Waals surface area contributed by atoms with Gasteiger partial charge in [-0.1, -0.05) is 29.8 Å². The van der Waals surface area contributed by atoms with Gasteiger partial charge in [0.25, 0.3) is 0 Å². The molecule has 0 spiro atoms. The van der Waals surface area contributed by atoms with Crippen molar-refractivity contribution in [3.63, 3.8) is 0 Å². The molecule has 0 aliphatic carbocycles. The zero-order valence-electron chi connectivity index (χ0n) is 18.0. The molecule has 3 aromatic rings. The molecule has 1 aliphatic rings. The second-order valence-electron chi connectivity index (χ2n) is 7.31. The van der Waals surface area contributed by atoms with Crippen LogP contribution in [-0.4, -0.2) is 16.8 Å². The van der Waals surface area contributed by atoms with Crippen LogP contribution in [0.2, 0.25) is 5.02 Å². The first-order valence-electron chi connectivity index (χ1n) is 10.2. The van der Waals surface area contributed by atoms with Gasteiger partial charge in [-0.15, -0.1) is 5.10 Å². The summed E-state index contributed by atoms with van der Waals surface area (Å²) in [6.07, 6.45) is 0. The molecule has 2 aromatic carbocycles. The van der Waals surface area contributed by atoms with Gasteiger partial charge in [0.15, 0.2) is 11.5 Å². The average molecular weight is 462 g/mol. The van der Waals surface area contributed by atoms with E-state index in [0.29, 0.717) is 45.7 Å². The Labute approximate surface area is 195 Å². The van der Waals surface area contributed by atoms with Gasteiger partial charge in [0.1, 0.15) is 18.2 Å². The lowest BCUT2D eigenvalue weighted by molar-refractivity contribution is 0.269. The molecule has 0 saturated heterocycles. The van der Waals surface area contributed by atoms with Crippen molar-refractivity contribution in [1.82, 2.24) is 10.2 Å². The van der Waals surface area contributed by atoms with E-state index in [1.54, 1.807) is 24.3 Å². The fraction of sp³-hybridized carbons (Fsp3) is 0.208. The Hall–Kier alpha value is -4.14. The van der Waals surface area contributed by atoms with Crippen LogP contribution < -0.4 is 19.9 Å². The van der Waals surface area contributed by atoms with E-state index in [4.69, 9.17) is 31.5 Å². The van der Waals surface area contributed by atoms with Crippen LogP contribution in [0.4, 0.5) is 0 Å². The average Bonchev–Trinajstić information content (AvgIpc) is 3.17. The third-order valence-corrected chi connectivity index (χ3v) is 5.59. The van der Waals surface area contributed by atoms with Gasteiger partial charge in [-0.2, -0.15) is 10.5 Å². The number of allylic oxidation sites excluding steroid dienone is 1. The van der Waals surface area contributed by atoms with Crippen molar-refractivity contribution in [2.45, 2.75) is 26.4 Å². The fourth-order valence-electron chi connectivity index (χ4n) is 3.79. The lowest BCUT2D eigenvalue weighted by Gasteiger charge is -2.25. The molecule has 0 saturated carbocycles. The molecule has 166 valence electrons. The van der Waals surface area contributed by atoms with Crippen molar-refractivity contribution >= 4 is 11.6 Å². The van der Waals surface area contributed by atoms with E-state index in [-0.39, 0.29) is 18.1 Å². The number of fused-ring (bicyclic) bond motifs is 1. The topological polar surface area (TPSA) is 130 Å². The maximum Gasteiger partial charge on any atom is 0.244 e. The molecular weight excluding hydrogens is 442 g/mol. The lowest BCUT2D eigenvalue weighted by atomic mass is 9.84. The zero-order valence-corrected chi connectivity index (χ0v) is 18.7. The number of ether oxygens (including phenoxy) is 3. The normalized spacial score (nSPS) is 14.6. The first-order chi connectivity index (χ1) is 16.0. The van der Waals surface area contributed by atoms with E-state index >= 15 is 0 Å². The molecule has 1 atom stereocenters. The number of nitriles is 2. The number of H-pyrrole nitrogens is 1. The third-order valence-electron chi connectivity index (χ3n) is 5.30. The predicted octanol–water partition coefficient (Wildman–Crippen LogP) is 4.44. The highest BCUT2D eigenvalue weighted by molar-refractivity contribution is 6.32. The molecule has 33 heavy (non-hydrogen) atoms. The number of aromatic nitrogens is 2. The van der Waals surface area contributed by atoms with E-state index < -0.39 is 5.92 Å². The molecule has 0 bridgehead atoms. The molecular formula is C24H20ClN5O3. The number of halogens is 1. The van der Waals surface area contributed by atoms with Crippen molar-refractivity contribution in [3.05, 3.63) is 80.8 Å². The van der Waals surface area contributed by atoms with Crippen molar-refractivity contribution in [2.24, 2.45) is 5.73 Å². The molecule has 3 N–H and O–H groups in total. The van der Waals surface area contributed by atoms with Crippen molar-refractivity contribution < 1.29 is 14.2 Å². The van der Waals surface area contributed by atoms with Gasteiger partial charge in [0, 0.05) is 16.8 Å². The number of aryl methyl sites for hydroxylation is 1. The zero-order chi connectivity index (χ0) is 23.5. The summed E-state index contributed by atoms with van der Waals surface area (Å²) in [7, 11) is 0. The molecule has 0 fully saturated rings. The van der Waals surface area contributed by atoms with Crippen LogP contribution in [0, 0.1) is 29.6 Å². The molecule has 8 nitrogen and oxygen atoms in total. The summed E-state index contributed by atoms with van der Waals surface area (Å²) in [6.45, 7) is 4.20. The molecule has 4 rings (SSSR count). The summed E-state index contributed by atoms with van der Waals surface area (Å²) >= 11 is 6.64. The Balaban J connectivity index is 1.77. The minimum absolute atomic E-state index is 0.0102. The van der Waals surface area contributed by atoms with Gasteiger partial charge in [0.05, 0.1) is 29.2 Å². The first-order valence-corrected chi connectivity index (χ1v) is 10.6. The molecule has 0 amide bonds. The molecule has 1 aliphatic heterocycles. The minimum Gasteiger partial charge on any atom is -0.490 e. The third kappa shape index (κ3) is 4.05. The second-order valence-corrected chi connectivity index (χ2v) is 7.72. The van der Waals surface area contributed by atoms with Crippen molar-refractivity contribution in [3.8, 4) is 29.5 Å². The molecule has 0 radical (unpaired) electrons. The Kier molecular flexibility index (Phi) is 6.12. The van der Waals surface area contributed by atoms with Gasteiger partial charge >= 0.3 is 0 Å². The standard InChI is InChI=1S/C24H20ClN5O3/c1-3-31-19-9-16(21-17(11-27)23(28)33-24-20(21)13(2)29-30-24)8-18(25)22(19)32-12-15-7-5-4-6-14(15)10-26/h4-9,21H,3,12,28H2,1-2H3,(H,29,30)/t21-/m1/s1. The number of aromatic amines is 1. The van der Waals surface area contributed by atoms with E-state index in [9.17, 15) is 10.5 Å². The number of hydrogen-bond donors (Lipinski definition) is 2. The van der Waals surface area contributed by atoms with Crippen molar-refractivity contribution in [2.75, 3.05) is 6.61 Å². The number of benzene rings is 2. The first kappa shape index (κ1) is 22.1. The van der Waals surface area contributed by atoms with E-state index in [0.717, 1.165) is 11.3 Å². The number of nitrogens with zero attached hydrogens (tertiary/aromatic N) is 3. The quantitative estimate of drug-likeness (QED) is 0.554. The van der Waals surface area contributed by atoms with Gasteiger partial charge in [-0.3, -0.25) is 5.10 Å². The SMILES string of the molecule is CCOc1cc([C@@H]2C(C#N)=C(N)Oc3n[nH]c(C)c32)cc(Cl)c1OCc1ccccc1C#N. The number of nitrogens with two attached hydrogens (primary N) is 1. The maximum absolute atomic E-state index is 9.79. The maximum atomic E-state index is 9.79. The van der Waals surface area contributed by atoms with Crippen LogP contribution in [0.5, 0.6) is 17.4 Å². The lowest BCUT2D eigenvalue weighted by Crippen LogP contribution is -2.21.